The summed E-state index contributed by atoms with van der Waals surface area (Å²) >= 11 is 1.89. The molecule has 1 aliphatic carbocycles. The quantitative estimate of drug-likeness (QED) is 0.175. The molecule has 0 saturated carbocycles. The van der Waals surface area contributed by atoms with Crippen LogP contribution in [0.4, 0.5) is 0 Å². The van der Waals surface area contributed by atoms with E-state index in [0.717, 1.165) is 50.8 Å². The van der Waals surface area contributed by atoms with Gasteiger partial charge in [-0.15, -0.1) is 11.3 Å². The number of hydrogen-bond donors (Lipinski definition) is 0. The van der Waals surface area contributed by atoms with Crippen molar-refractivity contribution in [1.82, 2.24) is 15.0 Å². The highest BCUT2D eigenvalue weighted by Crippen LogP contribution is 2.49. The van der Waals surface area contributed by atoms with Crippen LogP contribution in [0.3, 0.4) is 0 Å². The van der Waals surface area contributed by atoms with Crippen LogP contribution in [0.2, 0.25) is 0 Å². The largest absolute Gasteiger partial charge is 0.456 e. The van der Waals surface area contributed by atoms with Crippen LogP contribution < -0.4 is 0 Å². The maximum atomic E-state index is 6.82. The van der Waals surface area contributed by atoms with E-state index in [1.54, 1.807) is 0 Å². The molecule has 3 heterocycles. The smallest absolute Gasteiger partial charge is 0.164 e. The molecule has 1 atom stereocenters. The predicted octanol–water partition coefficient (Wildman–Crippen LogP) is 15.0. The van der Waals surface area contributed by atoms with E-state index in [4.69, 9.17) is 19.4 Å². The van der Waals surface area contributed by atoms with Crippen LogP contribution in [0.1, 0.15) is 36.1 Å². The molecule has 3 aromatic heterocycles. The first-order chi connectivity index (χ1) is 29.1. The topological polar surface area (TPSA) is 51.8 Å². The van der Waals surface area contributed by atoms with Crippen LogP contribution in [0.25, 0.3) is 110 Å². The van der Waals surface area contributed by atoms with Gasteiger partial charge in [0.1, 0.15) is 11.3 Å². The minimum Gasteiger partial charge on any atom is -0.456 e. The third-order valence-corrected chi connectivity index (χ3v) is 13.2. The Kier molecular flexibility index (Phi) is 7.72. The number of rotatable bonds is 5. The minimum atomic E-state index is 0.190. The minimum absolute atomic E-state index is 0.190. The lowest BCUT2D eigenvalue weighted by molar-refractivity contribution is 0.588. The fourth-order valence-corrected chi connectivity index (χ4v) is 10.4. The number of hydrogen-bond acceptors (Lipinski definition) is 5. The summed E-state index contributed by atoms with van der Waals surface area (Å²) in [5, 5.41) is 8.60. The standard InChI is InChI=1S/C54H35N3OS/c1-32-28-40(44-30-38-16-7-8-17-41(38)49-42-18-9-10-21-47(42)59-51(44)49)31-46-48(32)50-43(19-11-20-45(50)58-46)54-56-52(36-25-22-35(23-26-36)33-12-3-2-4-13-33)55-53(57-54)39-27-24-34-14-5-6-15-37(34)29-39/h2-27,29-32H,28H2,1H3. The van der Waals surface area contributed by atoms with E-state index in [1.807, 2.05) is 17.4 Å². The highest BCUT2D eigenvalue weighted by atomic mass is 32.1. The van der Waals surface area contributed by atoms with Gasteiger partial charge in [-0.1, -0.05) is 153 Å². The summed E-state index contributed by atoms with van der Waals surface area (Å²) in [5.74, 6) is 2.99. The zero-order valence-electron chi connectivity index (χ0n) is 32.2. The second-order valence-corrected chi connectivity index (χ2v) is 16.6. The molecule has 5 heteroatoms. The fraction of sp³-hybridized carbons (Fsp3) is 0.0556. The van der Waals surface area contributed by atoms with Crippen LogP contribution in [-0.4, -0.2) is 15.0 Å². The zero-order chi connectivity index (χ0) is 39.0. The molecule has 0 aliphatic heterocycles. The van der Waals surface area contributed by atoms with E-state index in [2.05, 4.69) is 177 Å². The monoisotopic (exact) mass is 773 g/mol. The lowest BCUT2D eigenvalue weighted by Crippen LogP contribution is -2.04. The SMILES string of the molecule is CC1CC(c2cc3ccccc3c3c2sc2ccccc23)=Cc2oc3cccc(-c4nc(-c5ccc(-c6ccccc6)cc5)nc(-c5ccc6ccccc6c5)n4)c3c21. The van der Waals surface area contributed by atoms with Gasteiger partial charge in [-0.25, -0.2) is 15.0 Å². The van der Waals surface area contributed by atoms with Crippen molar-refractivity contribution in [3.05, 3.63) is 187 Å². The van der Waals surface area contributed by atoms with Gasteiger partial charge in [-0.05, 0) is 86.5 Å². The molecule has 0 N–H and O–H groups in total. The van der Waals surface area contributed by atoms with Gasteiger partial charge in [0.25, 0.3) is 0 Å². The molecule has 0 radical (unpaired) electrons. The average Bonchev–Trinajstić information content (AvgIpc) is 3.88. The molecular formula is C54H35N3OS. The number of benzene rings is 8. The summed E-state index contributed by atoms with van der Waals surface area (Å²) in [6.07, 6.45) is 3.18. The van der Waals surface area contributed by atoms with Crippen molar-refractivity contribution in [2.45, 2.75) is 19.3 Å². The Morgan fingerprint density at radius 3 is 2.02 bits per heavy atom. The number of furan rings is 1. The van der Waals surface area contributed by atoms with E-state index < -0.39 is 0 Å². The highest BCUT2D eigenvalue weighted by Gasteiger charge is 2.29. The summed E-state index contributed by atoms with van der Waals surface area (Å²) in [6, 6.07) is 60.0. The Hall–Kier alpha value is -7.21. The second kappa shape index (κ2) is 13.4. The van der Waals surface area contributed by atoms with Crippen LogP contribution in [0, 0.1) is 0 Å². The van der Waals surface area contributed by atoms with E-state index in [9.17, 15) is 0 Å². The third-order valence-electron chi connectivity index (χ3n) is 12.0. The first-order valence-corrected chi connectivity index (χ1v) is 21.0. The van der Waals surface area contributed by atoms with Gasteiger partial charge in [0.15, 0.2) is 17.5 Å². The summed E-state index contributed by atoms with van der Waals surface area (Å²) in [6.45, 7) is 2.33. The van der Waals surface area contributed by atoms with Gasteiger partial charge in [-0.2, -0.15) is 0 Å². The average molecular weight is 774 g/mol. The molecule has 0 spiro atoms. The van der Waals surface area contributed by atoms with Gasteiger partial charge < -0.3 is 4.42 Å². The maximum absolute atomic E-state index is 6.82. The van der Waals surface area contributed by atoms with Crippen molar-refractivity contribution in [2.75, 3.05) is 0 Å². The summed E-state index contributed by atoms with van der Waals surface area (Å²) in [5.41, 5.74) is 9.76. The molecule has 59 heavy (non-hydrogen) atoms. The molecule has 0 amide bonds. The molecule has 1 unspecified atom stereocenters. The number of fused-ring (bicyclic) bond motifs is 9. The summed E-state index contributed by atoms with van der Waals surface area (Å²) in [7, 11) is 0. The number of aromatic nitrogens is 3. The Morgan fingerprint density at radius 2 is 1.17 bits per heavy atom. The van der Waals surface area contributed by atoms with Crippen LogP contribution in [-0.2, 0) is 0 Å². The van der Waals surface area contributed by atoms with Crippen LogP contribution in [0.15, 0.2) is 174 Å². The lowest BCUT2D eigenvalue weighted by atomic mass is 9.82. The van der Waals surface area contributed by atoms with Crippen molar-refractivity contribution in [1.29, 1.82) is 0 Å². The molecule has 0 fully saturated rings. The van der Waals surface area contributed by atoms with E-state index in [0.29, 0.717) is 17.5 Å². The van der Waals surface area contributed by atoms with Crippen molar-refractivity contribution in [3.8, 4) is 45.3 Å². The Morgan fingerprint density at radius 1 is 0.508 bits per heavy atom. The van der Waals surface area contributed by atoms with Crippen molar-refractivity contribution < 1.29 is 4.42 Å². The number of allylic oxidation sites excluding steroid dienone is 1. The Bertz CT molecular complexity index is 3490. The van der Waals surface area contributed by atoms with Crippen molar-refractivity contribution >= 4 is 75.7 Å². The molecule has 1 aliphatic rings. The number of nitrogens with zero attached hydrogens (tertiary/aromatic N) is 3. The molecule has 278 valence electrons. The fourth-order valence-electron chi connectivity index (χ4n) is 9.15. The Balaban J connectivity index is 1.03. The van der Waals surface area contributed by atoms with Crippen LogP contribution >= 0.6 is 11.3 Å². The van der Waals surface area contributed by atoms with Crippen molar-refractivity contribution in [3.63, 3.8) is 0 Å². The maximum Gasteiger partial charge on any atom is 0.164 e. The molecule has 0 saturated heterocycles. The highest BCUT2D eigenvalue weighted by molar-refractivity contribution is 7.26. The number of thiophene rings is 1. The van der Waals surface area contributed by atoms with Crippen molar-refractivity contribution in [2.24, 2.45) is 0 Å². The molecule has 11 aromatic rings. The normalized spacial score (nSPS) is 14.1. The van der Waals surface area contributed by atoms with E-state index in [1.165, 1.54) is 58.6 Å². The predicted molar refractivity (Wildman–Crippen MR) is 247 cm³/mol. The first kappa shape index (κ1) is 33.9. The van der Waals surface area contributed by atoms with Gasteiger partial charge in [0.2, 0.25) is 0 Å². The molecule has 4 nitrogen and oxygen atoms in total. The second-order valence-electron chi connectivity index (χ2n) is 15.6. The zero-order valence-corrected chi connectivity index (χ0v) is 33.0. The lowest BCUT2D eigenvalue weighted by Gasteiger charge is -2.21. The molecule has 12 rings (SSSR count). The molecule has 0 bridgehead atoms. The molecule has 8 aromatic carbocycles. The van der Waals surface area contributed by atoms with E-state index in [-0.39, 0.29) is 5.92 Å². The van der Waals surface area contributed by atoms with Gasteiger partial charge >= 0.3 is 0 Å². The summed E-state index contributed by atoms with van der Waals surface area (Å²) in [4.78, 5) is 15.6. The van der Waals surface area contributed by atoms with Gasteiger partial charge in [-0.3, -0.25) is 0 Å². The first-order valence-electron chi connectivity index (χ1n) is 20.1. The Labute approximate surface area is 344 Å². The third kappa shape index (κ3) is 5.61. The van der Waals surface area contributed by atoms with Gasteiger partial charge in [0, 0.05) is 47.8 Å². The van der Waals surface area contributed by atoms with Crippen LogP contribution in [0.5, 0.6) is 0 Å². The van der Waals surface area contributed by atoms with Gasteiger partial charge in [0.05, 0.1) is 0 Å². The summed E-state index contributed by atoms with van der Waals surface area (Å²) < 4.78 is 9.47. The van der Waals surface area contributed by atoms with E-state index >= 15 is 0 Å². The molecular weight excluding hydrogens is 739 g/mol.